The summed E-state index contributed by atoms with van der Waals surface area (Å²) >= 11 is 0. The van der Waals surface area contributed by atoms with Crippen LogP contribution in [0.25, 0.3) is 0 Å². The second-order valence-electron chi connectivity index (χ2n) is 7.97. The second kappa shape index (κ2) is 7.68. The lowest BCUT2D eigenvalue weighted by Gasteiger charge is -2.40. The van der Waals surface area contributed by atoms with Crippen molar-refractivity contribution in [2.75, 3.05) is 13.1 Å². The van der Waals surface area contributed by atoms with Crippen LogP contribution in [0.4, 0.5) is 13.2 Å². The maximum absolute atomic E-state index is 12.9. The minimum Gasteiger partial charge on any atom is -0.352 e. The van der Waals surface area contributed by atoms with Crippen molar-refractivity contribution < 1.29 is 18.0 Å². The molecule has 0 spiro atoms. The summed E-state index contributed by atoms with van der Waals surface area (Å²) in [6, 6.07) is 0.774. The van der Waals surface area contributed by atoms with Crippen LogP contribution in [0.15, 0.2) is 12.7 Å². The molecule has 0 radical (unpaired) electrons. The molecule has 2 aliphatic carbocycles. The van der Waals surface area contributed by atoms with Gasteiger partial charge in [-0.1, -0.05) is 19.4 Å². The summed E-state index contributed by atoms with van der Waals surface area (Å²) in [5.41, 5.74) is 0. The first-order valence-corrected chi connectivity index (χ1v) is 9.63. The maximum Gasteiger partial charge on any atom is 0.391 e. The first-order chi connectivity index (χ1) is 11.9. The van der Waals surface area contributed by atoms with Gasteiger partial charge in [-0.2, -0.15) is 13.2 Å². The smallest absolute Gasteiger partial charge is 0.352 e. The van der Waals surface area contributed by atoms with E-state index in [0.29, 0.717) is 37.3 Å². The van der Waals surface area contributed by atoms with Gasteiger partial charge in [-0.05, 0) is 56.4 Å². The molecule has 25 heavy (non-hydrogen) atoms. The van der Waals surface area contributed by atoms with Gasteiger partial charge < -0.3 is 5.32 Å². The van der Waals surface area contributed by atoms with Crippen molar-refractivity contribution in [2.45, 2.75) is 69.6 Å². The Labute approximate surface area is 148 Å². The van der Waals surface area contributed by atoms with Gasteiger partial charge in [0.15, 0.2) is 0 Å². The molecule has 1 amide bonds. The molecule has 3 atom stereocenters. The molecule has 1 N–H and O–H groups in total. The Morgan fingerprint density at radius 3 is 2.44 bits per heavy atom. The molecule has 0 aromatic heterocycles. The minimum absolute atomic E-state index is 0.142. The van der Waals surface area contributed by atoms with Gasteiger partial charge in [0.25, 0.3) is 0 Å². The zero-order valence-electron chi connectivity index (χ0n) is 14.7. The van der Waals surface area contributed by atoms with E-state index in [1.807, 2.05) is 0 Å². The third-order valence-electron chi connectivity index (χ3n) is 6.61. The highest BCUT2D eigenvalue weighted by atomic mass is 19.4. The number of amides is 1. The summed E-state index contributed by atoms with van der Waals surface area (Å²) in [4.78, 5) is 14.0. The highest BCUT2D eigenvalue weighted by Gasteiger charge is 2.47. The van der Waals surface area contributed by atoms with E-state index in [9.17, 15) is 18.0 Å². The van der Waals surface area contributed by atoms with Crippen LogP contribution in [-0.2, 0) is 4.79 Å². The van der Waals surface area contributed by atoms with Crippen LogP contribution in [0.1, 0.15) is 51.4 Å². The molecule has 1 aliphatic heterocycles. The molecule has 3 aliphatic rings. The number of fused-ring (bicyclic) bond motifs is 1. The van der Waals surface area contributed by atoms with Gasteiger partial charge in [0.2, 0.25) is 5.91 Å². The summed E-state index contributed by atoms with van der Waals surface area (Å²) < 4.78 is 38.8. The van der Waals surface area contributed by atoms with Gasteiger partial charge in [0.1, 0.15) is 0 Å². The SMILES string of the molecule is C=CC(=O)NCC1CN(C2CCC(C(F)(F)F)CC2)C2CCCCC12. The van der Waals surface area contributed by atoms with Gasteiger partial charge in [0.05, 0.1) is 5.92 Å². The molecule has 3 nitrogen and oxygen atoms in total. The lowest BCUT2D eigenvalue weighted by Crippen LogP contribution is -2.44. The van der Waals surface area contributed by atoms with E-state index in [0.717, 1.165) is 13.0 Å². The summed E-state index contributed by atoms with van der Waals surface area (Å²) in [6.07, 6.45) is 3.84. The largest absolute Gasteiger partial charge is 0.391 e. The molecule has 2 saturated carbocycles. The number of carbonyl (C=O) groups excluding carboxylic acids is 1. The average Bonchev–Trinajstić information content (AvgIpc) is 2.98. The molecule has 1 saturated heterocycles. The zero-order chi connectivity index (χ0) is 18.0. The Morgan fingerprint density at radius 2 is 1.80 bits per heavy atom. The molecule has 142 valence electrons. The molecular formula is C19H29F3N2O. The Hall–Kier alpha value is -1.04. The van der Waals surface area contributed by atoms with Gasteiger partial charge in [-0.15, -0.1) is 0 Å². The van der Waals surface area contributed by atoms with E-state index in [4.69, 9.17) is 0 Å². The van der Waals surface area contributed by atoms with Gasteiger partial charge in [-0.25, -0.2) is 0 Å². The monoisotopic (exact) mass is 358 g/mol. The van der Waals surface area contributed by atoms with Crippen molar-refractivity contribution in [1.82, 2.24) is 10.2 Å². The topological polar surface area (TPSA) is 32.3 Å². The van der Waals surface area contributed by atoms with E-state index in [-0.39, 0.29) is 24.8 Å². The Balaban J connectivity index is 1.61. The Morgan fingerprint density at radius 1 is 1.12 bits per heavy atom. The normalized spacial score (nSPS) is 36.7. The summed E-state index contributed by atoms with van der Waals surface area (Å²) in [5, 5.41) is 2.93. The predicted octanol–water partition coefficient (Wildman–Crippen LogP) is 3.90. The number of nitrogens with one attached hydrogen (secondary N) is 1. The fourth-order valence-corrected chi connectivity index (χ4v) is 5.32. The number of alkyl halides is 3. The van der Waals surface area contributed by atoms with Crippen LogP contribution in [0.2, 0.25) is 0 Å². The molecule has 3 rings (SSSR count). The number of nitrogens with zero attached hydrogens (tertiary/aromatic N) is 1. The number of hydrogen-bond acceptors (Lipinski definition) is 2. The number of rotatable bonds is 4. The predicted molar refractivity (Wildman–Crippen MR) is 90.9 cm³/mol. The van der Waals surface area contributed by atoms with Crippen LogP contribution in [0.3, 0.4) is 0 Å². The van der Waals surface area contributed by atoms with Crippen molar-refractivity contribution >= 4 is 5.91 Å². The fraction of sp³-hybridized carbons (Fsp3) is 0.842. The molecular weight excluding hydrogens is 329 g/mol. The van der Waals surface area contributed by atoms with Gasteiger partial charge in [-0.3, -0.25) is 9.69 Å². The molecule has 0 aromatic rings. The van der Waals surface area contributed by atoms with Crippen molar-refractivity contribution in [2.24, 2.45) is 17.8 Å². The standard InChI is InChI=1S/C19H29F3N2O/c1-2-18(25)23-11-13-12-24(17-6-4-3-5-16(13)17)15-9-7-14(8-10-15)19(20,21)22/h2,13-17H,1,3-12H2,(H,23,25). The number of likely N-dealkylation sites (tertiary alicyclic amines) is 1. The van der Waals surface area contributed by atoms with Crippen LogP contribution in [-0.4, -0.2) is 42.2 Å². The van der Waals surface area contributed by atoms with Gasteiger partial charge in [0, 0.05) is 25.2 Å². The van der Waals surface area contributed by atoms with Crippen LogP contribution in [0, 0.1) is 17.8 Å². The number of carbonyl (C=O) groups is 1. The van der Waals surface area contributed by atoms with Crippen LogP contribution < -0.4 is 5.32 Å². The van der Waals surface area contributed by atoms with E-state index in [2.05, 4.69) is 16.8 Å². The third kappa shape index (κ3) is 4.21. The van der Waals surface area contributed by atoms with E-state index >= 15 is 0 Å². The highest BCUT2D eigenvalue weighted by Crippen LogP contribution is 2.45. The number of halogens is 3. The molecule has 3 unspecified atom stereocenters. The van der Waals surface area contributed by atoms with Crippen molar-refractivity contribution in [3.05, 3.63) is 12.7 Å². The third-order valence-corrected chi connectivity index (χ3v) is 6.61. The lowest BCUT2D eigenvalue weighted by molar-refractivity contribution is -0.184. The summed E-state index contributed by atoms with van der Waals surface area (Å²) in [7, 11) is 0. The van der Waals surface area contributed by atoms with Crippen molar-refractivity contribution in [3.8, 4) is 0 Å². The minimum atomic E-state index is -4.04. The Bertz CT molecular complexity index is 486. The Kier molecular flexibility index (Phi) is 5.76. The fourth-order valence-electron chi connectivity index (χ4n) is 5.32. The molecule has 6 heteroatoms. The van der Waals surface area contributed by atoms with Crippen LogP contribution >= 0.6 is 0 Å². The molecule has 0 aromatic carbocycles. The first-order valence-electron chi connectivity index (χ1n) is 9.63. The van der Waals surface area contributed by atoms with Gasteiger partial charge >= 0.3 is 6.18 Å². The lowest BCUT2D eigenvalue weighted by atomic mass is 9.79. The number of hydrogen-bond donors (Lipinski definition) is 1. The summed E-state index contributed by atoms with van der Waals surface area (Å²) in [5.74, 6) is -0.276. The second-order valence-corrected chi connectivity index (χ2v) is 7.97. The summed E-state index contributed by atoms with van der Waals surface area (Å²) in [6.45, 7) is 5.05. The van der Waals surface area contributed by atoms with Crippen LogP contribution in [0.5, 0.6) is 0 Å². The maximum atomic E-state index is 12.9. The quantitative estimate of drug-likeness (QED) is 0.773. The molecule has 0 bridgehead atoms. The zero-order valence-corrected chi connectivity index (χ0v) is 14.7. The molecule has 3 fully saturated rings. The van der Waals surface area contributed by atoms with E-state index < -0.39 is 12.1 Å². The molecule has 1 heterocycles. The van der Waals surface area contributed by atoms with Crippen molar-refractivity contribution in [3.63, 3.8) is 0 Å². The van der Waals surface area contributed by atoms with E-state index in [1.54, 1.807) is 0 Å². The van der Waals surface area contributed by atoms with Crippen molar-refractivity contribution in [1.29, 1.82) is 0 Å². The first kappa shape index (κ1) is 18.7. The highest BCUT2D eigenvalue weighted by molar-refractivity contribution is 5.86. The average molecular weight is 358 g/mol. The van der Waals surface area contributed by atoms with E-state index in [1.165, 1.54) is 25.3 Å².